The molecule has 1 aromatic heterocycles. The SMILES string of the molecule is CCCC(=O)N1CCc2nc(N)c(C#N)c(-c3cc(OC)c4c(c3)OCO4)c2C1. The number of rotatable bonds is 4. The molecule has 1 aromatic carbocycles. The molecular weight excluding hydrogens is 372 g/mol. The predicted octanol–water partition coefficient (Wildman–Crippen LogP) is 2.62. The fourth-order valence-electron chi connectivity index (χ4n) is 3.87. The van der Waals surface area contributed by atoms with Crippen molar-refractivity contribution in [2.24, 2.45) is 0 Å². The van der Waals surface area contributed by atoms with Crippen molar-refractivity contribution < 1.29 is 19.0 Å². The molecule has 0 fully saturated rings. The van der Waals surface area contributed by atoms with Gasteiger partial charge in [0.25, 0.3) is 0 Å². The van der Waals surface area contributed by atoms with Crippen LogP contribution in [0.1, 0.15) is 36.6 Å². The van der Waals surface area contributed by atoms with Crippen LogP contribution in [0, 0.1) is 11.3 Å². The zero-order chi connectivity index (χ0) is 20.5. The number of fused-ring (bicyclic) bond motifs is 2. The Morgan fingerprint density at radius 3 is 2.97 bits per heavy atom. The number of ether oxygens (including phenoxy) is 3. The van der Waals surface area contributed by atoms with E-state index in [1.807, 2.05) is 17.9 Å². The van der Waals surface area contributed by atoms with Gasteiger partial charge in [-0.25, -0.2) is 4.98 Å². The van der Waals surface area contributed by atoms with E-state index in [0.29, 0.717) is 48.7 Å². The van der Waals surface area contributed by atoms with E-state index in [1.165, 1.54) is 0 Å². The molecule has 2 N–H and O–H groups in total. The van der Waals surface area contributed by atoms with E-state index < -0.39 is 0 Å². The minimum Gasteiger partial charge on any atom is -0.493 e. The Kier molecular flexibility index (Phi) is 4.89. The van der Waals surface area contributed by atoms with E-state index >= 15 is 0 Å². The van der Waals surface area contributed by atoms with E-state index in [-0.39, 0.29) is 24.1 Å². The van der Waals surface area contributed by atoms with Crippen LogP contribution in [0.25, 0.3) is 11.1 Å². The average molecular weight is 394 g/mol. The molecule has 0 bridgehead atoms. The summed E-state index contributed by atoms with van der Waals surface area (Å²) in [6.07, 6.45) is 1.88. The molecule has 0 aliphatic carbocycles. The van der Waals surface area contributed by atoms with Gasteiger partial charge < -0.3 is 24.8 Å². The fourth-order valence-corrected chi connectivity index (χ4v) is 3.87. The molecule has 29 heavy (non-hydrogen) atoms. The quantitative estimate of drug-likeness (QED) is 0.848. The van der Waals surface area contributed by atoms with Crippen LogP contribution < -0.4 is 19.9 Å². The first-order valence-electron chi connectivity index (χ1n) is 9.54. The number of nitrogens with two attached hydrogens (primary N) is 1. The fraction of sp³-hybridized carbons (Fsp3) is 0.381. The Hall–Kier alpha value is -3.47. The van der Waals surface area contributed by atoms with Crippen molar-refractivity contribution >= 4 is 11.7 Å². The number of carbonyl (C=O) groups excluding carboxylic acids is 1. The monoisotopic (exact) mass is 394 g/mol. The number of carbonyl (C=O) groups is 1. The third-order valence-electron chi connectivity index (χ3n) is 5.25. The summed E-state index contributed by atoms with van der Waals surface area (Å²) in [6.45, 7) is 3.07. The molecule has 8 nitrogen and oxygen atoms in total. The van der Waals surface area contributed by atoms with Gasteiger partial charge in [-0.15, -0.1) is 0 Å². The predicted molar refractivity (Wildman–Crippen MR) is 106 cm³/mol. The summed E-state index contributed by atoms with van der Waals surface area (Å²) in [7, 11) is 1.55. The maximum atomic E-state index is 12.5. The van der Waals surface area contributed by atoms with Gasteiger partial charge in [0.05, 0.1) is 12.8 Å². The van der Waals surface area contributed by atoms with Crippen LogP contribution in [-0.4, -0.2) is 36.2 Å². The van der Waals surface area contributed by atoms with E-state index in [1.54, 1.807) is 13.2 Å². The zero-order valence-corrected chi connectivity index (χ0v) is 16.4. The number of amides is 1. The number of hydrogen-bond acceptors (Lipinski definition) is 7. The smallest absolute Gasteiger partial charge is 0.231 e. The molecule has 4 rings (SSSR count). The van der Waals surface area contributed by atoms with Gasteiger partial charge in [0.15, 0.2) is 11.5 Å². The Morgan fingerprint density at radius 1 is 1.41 bits per heavy atom. The Balaban J connectivity index is 1.89. The number of anilines is 1. The van der Waals surface area contributed by atoms with Gasteiger partial charge in [-0.1, -0.05) is 6.92 Å². The molecule has 8 heteroatoms. The van der Waals surface area contributed by atoms with E-state index in [0.717, 1.165) is 23.2 Å². The summed E-state index contributed by atoms with van der Waals surface area (Å²) in [6, 6.07) is 5.80. The molecule has 0 atom stereocenters. The van der Waals surface area contributed by atoms with Crippen LogP contribution in [0.3, 0.4) is 0 Å². The molecule has 0 saturated carbocycles. The first-order valence-corrected chi connectivity index (χ1v) is 9.54. The average Bonchev–Trinajstić information content (AvgIpc) is 3.20. The van der Waals surface area contributed by atoms with Gasteiger partial charge in [0.2, 0.25) is 18.4 Å². The summed E-state index contributed by atoms with van der Waals surface area (Å²) in [5.41, 5.74) is 9.45. The van der Waals surface area contributed by atoms with E-state index in [4.69, 9.17) is 19.9 Å². The van der Waals surface area contributed by atoms with Crippen molar-refractivity contribution in [3.05, 3.63) is 29.0 Å². The topological polar surface area (TPSA) is 111 Å². The maximum Gasteiger partial charge on any atom is 0.231 e. The summed E-state index contributed by atoms with van der Waals surface area (Å²) in [5, 5.41) is 9.80. The number of pyridine rings is 1. The summed E-state index contributed by atoms with van der Waals surface area (Å²) < 4.78 is 16.5. The lowest BCUT2D eigenvalue weighted by molar-refractivity contribution is -0.132. The lowest BCUT2D eigenvalue weighted by Crippen LogP contribution is -2.36. The van der Waals surface area contributed by atoms with Gasteiger partial charge in [-0.2, -0.15) is 5.26 Å². The third-order valence-corrected chi connectivity index (χ3v) is 5.25. The van der Waals surface area contributed by atoms with Gasteiger partial charge in [-0.3, -0.25) is 4.79 Å². The highest BCUT2D eigenvalue weighted by molar-refractivity contribution is 5.83. The van der Waals surface area contributed by atoms with E-state index in [2.05, 4.69) is 11.1 Å². The highest BCUT2D eigenvalue weighted by atomic mass is 16.7. The molecular formula is C21H22N4O4. The summed E-state index contributed by atoms with van der Waals surface area (Å²) in [4.78, 5) is 18.8. The number of methoxy groups -OCH3 is 1. The molecule has 0 radical (unpaired) electrons. The van der Waals surface area contributed by atoms with Gasteiger partial charge in [0.1, 0.15) is 17.5 Å². The second kappa shape index (κ2) is 7.51. The maximum absolute atomic E-state index is 12.5. The Bertz CT molecular complexity index is 1030. The first-order chi connectivity index (χ1) is 14.1. The molecule has 2 aliphatic rings. The van der Waals surface area contributed by atoms with Gasteiger partial charge in [-0.05, 0) is 24.1 Å². The van der Waals surface area contributed by atoms with Gasteiger partial charge >= 0.3 is 0 Å². The van der Waals surface area contributed by atoms with Crippen LogP contribution in [0.15, 0.2) is 12.1 Å². The second-order valence-corrected chi connectivity index (χ2v) is 7.01. The molecule has 2 aliphatic heterocycles. The van der Waals surface area contributed by atoms with Crippen molar-refractivity contribution in [2.75, 3.05) is 26.2 Å². The molecule has 0 spiro atoms. The van der Waals surface area contributed by atoms with Crippen molar-refractivity contribution in [2.45, 2.75) is 32.7 Å². The molecule has 1 amide bonds. The normalized spacial score (nSPS) is 14.3. The number of aromatic nitrogens is 1. The molecule has 0 saturated heterocycles. The zero-order valence-electron chi connectivity index (χ0n) is 16.4. The van der Waals surface area contributed by atoms with Crippen LogP contribution in [0.2, 0.25) is 0 Å². The lowest BCUT2D eigenvalue weighted by Gasteiger charge is -2.30. The summed E-state index contributed by atoms with van der Waals surface area (Å²) >= 11 is 0. The molecule has 0 unspecified atom stereocenters. The third kappa shape index (κ3) is 3.18. The number of hydrogen-bond donors (Lipinski definition) is 1. The van der Waals surface area contributed by atoms with Crippen molar-refractivity contribution in [1.29, 1.82) is 5.26 Å². The molecule has 2 aromatic rings. The highest BCUT2D eigenvalue weighted by Gasteiger charge is 2.29. The molecule has 3 heterocycles. The van der Waals surface area contributed by atoms with Crippen molar-refractivity contribution in [3.8, 4) is 34.4 Å². The van der Waals surface area contributed by atoms with Crippen LogP contribution in [0.4, 0.5) is 5.82 Å². The van der Waals surface area contributed by atoms with Crippen molar-refractivity contribution in [3.63, 3.8) is 0 Å². The molecule has 150 valence electrons. The van der Waals surface area contributed by atoms with Crippen LogP contribution >= 0.6 is 0 Å². The standard InChI is InChI=1S/C21H22N4O4/c1-3-4-18(26)25-6-5-15-14(10-25)19(13(9-22)21(23)24-15)12-7-16(27-2)20-17(8-12)28-11-29-20/h7-8H,3-6,10-11H2,1-2H3,(H2,23,24). The number of nitrogens with zero attached hydrogens (tertiary/aromatic N) is 3. The van der Waals surface area contributed by atoms with E-state index in [9.17, 15) is 10.1 Å². The number of nitriles is 1. The van der Waals surface area contributed by atoms with Crippen LogP contribution in [0.5, 0.6) is 17.2 Å². The highest BCUT2D eigenvalue weighted by Crippen LogP contribution is 2.46. The summed E-state index contributed by atoms with van der Waals surface area (Å²) in [5.74, 6) is 1.87. The second-order valence-electron chi connectivity index (χ2n) is 7.01. The first kappa shape index (κ1) is 18.9. The Morgan fingerprint density at radius 2 is 2.24 bits per heavy atom. The lowest BCUT2D eigenvalue weighted by atomic mass is 9.90. The Labute approximate surface area is 168 Å². The minimum atomic E-state index is 0.0997. The van der Waals surface area contributed by atoms with Gasteiger partial charge in [0, 0.05) is 37.1 Å². The van der Waals surface area contributed by atoms with Crippen molar-refractivity contribution in [1.82, 2.24) is 9.88 Å². The number of benzene rings is 1. The minimum absolute atomic E-state index is 0.0997. The number of nitrogen functional groups attached to an aromatic ring is 1. The van der Waals surface area contributed by atoms with Crippen LogP contribution in [-0.2, 0) is 17.8 Å². The largest absolute Gasteiger partial charge is 0.493 e.